The van der Waals surface area contributed by atoms with Gasteiger partial charge in [0.05, 0.1) is 11.1 Å². The van der Waals surface area contributed by atoms with Crippen LogP contribution >= 0.6 is 0 Å². The number of rotatable bonds is 4. The van der Waals surface area contributed by atoms with Gasteiger partial charge in [-0.1, -0.05) is 42.5 Å². The molecule has 3 rings (SSSR count). The Hall–Kier alpha value is -3.08. The molecule has 0 fully saturated rings. The second-order valence-electron chi connectivity index (χ2n) is 6.57. The first kappa shape index (κ1) is 16.8. The molecule has 0 unspecified atom stereocenters. The molecule has 128 valence electrons. The second-order valence-corrected chi connectivity index (χ2v) is 6.57. The number of hydrogen-bond donors (Lipinski definition) is 1. The van der Waals surface area contributed by atoms with Crippen molar-refractivity contribution in [1.29, 1.82) is 0 Å². The highest BCUT2D eigenvalue weighted by Crippen LogP contribution is 2.37. The minimum absolute atomic E-state index is 0.0493. The standard InChI is InChI=1S/C20H19NO4/c1-20(2,19(23)24)13-21-15-10-6-7-11-16(15)25-17(18(21)22)12-14-8-4-3-5-9-14/h3-12H,13H2,1-2H3,(H,23,24)/b17-12+. The van der Waals surface area contributed by atoms with Crippen LogP contribution in [0.15, 0.2) is 60.4 Å². The van der Waals surface area contributed by atoms with Crippen molar-refractivity contribution >= 4 is 23.6 Å². The number of fused-ring (bicyclic) bond motifs is 1. The van der Waals surface area contributed by atoms with Gasteiger partial charge in [-0.25, -0.2) is 0 Å². The fourth-order valence-corrected chi connectivity index (χ4v) is 2.58. The van der Waals surface area contributed by atoms with E-state index in [1.54, 1.807) is 38.1 Å². The van der Waals surface area contributed by atoms with Crippen molar-refractivity contribution in [3.63, 3.8) is 0 Å². The van der Waals surface area contributed by atoms with Gasteiger partial charge in [0, 0.05) is 6.54 Å². The minimum Gasteiger partial charge on any atom is -0.481 e. The molecule has 0 saturated carbocycles. The summed E-state index contributed by atoms with van der Waals surface area (Å²) in [5, 5.41) is 9.42. The van der Waals surface area contributed by atoms with E-state index in [0.29, 0.717) is 11.4 Å². The maximum absolute atomic E-state index is 12.9. The number of ether oxygens (including phenoxy) is 1. The topological polar surface area (TPSA) is 66.8 Å². The number of hydrogen-bond acceptors (Lipinski definition) is 3. The summed E-state index contributed by atoms with van der Waals surface area (Å²) in [6, 6.07) is 16.5. The third-order valence-electron chi connectivity index (χ3n) is 4.06. The first-order valence-corrected chi connectivity index (χ1v) is 7.97. The van der Waals surface area contributed by atoms with Crippen LogP contribution in [0, 0.1) is 5.41 Å². The molecule has 5 heteroatoms. The summed E-state index contributed by atoms with van der Waals surface area (Å²) in [5.41, 5.74) is 0.326. The molecule has 0 saturated heterocycles. The largest absolute Gasteiger partial charge is 0.481 e. The molecule has 0 aliphatic carbocycles. The first-order valence-electron chi connectivity index (χ1n) is 7.97. The fourth-order valence-electron chi connectivity index (χ4n) is 2.58. The molecule has 5 nitrogen and oxygen atoms in total. The summed E-state index contributed by atoms with van der Waals surface area (Å²) < 4.78 is 5.78. The highest BCUT2D eigenvalue weighted by molar-refractivity contribution is 6.10. The Morgan fingerprint density at radius 2 is 1.76 bits per heavy atom. The van der Waals surface area contributed by atoms with E-state index in [-0.39, 0.29) is 18.2 Å². The predicted octanol–water partition coefficient (Wildman–Crippen LogP) is 3.56. The quantitative estimate of drug-likeness (QED) is 0.866. The van der Waals surface area contributed by atoms with Crippen LogP contribution in [0.2, 0.25) is 0 Å². The monoisotopic (exact) mass is 337 g/mol. The lowest BCUT2D eigenvalue weighted by Crippen LogP contribution is -2.45. The highest BCUT2D eigenvalue weighted by atomic mass is 16.5. The van der Waals surface area contributed by atoms with E-state index in [9.17, 15) is 14.7 Å². The van der Waals surface area contributed by atoms with Crippen molar-refractivity contribution in [2.45, 2.75) is 13.8 Å². The van der Waals surface area contributed by atoms with Gasteiger partial charge in [-0.2, -0.15) is 0 Å². The van der Waals surface area contributed by atoms with Crippen LogP contribution < -0.4 is 9.64 Å². The van der Waals surface area contributed by atoms with Gasteiger partial charge in [-0.05, 0) is 37.6 Å². The van der Waals surface area contributed by atoms with Crippen molar-refractivity contribution in [1.82, 2.24) is 0 Å². The summed E-state index contributed by atoms with van der Waals surface area (Å²) in [4.78, 5) is 25.9. The molecule has 1 N–H and O–H groups in total. The summed E-state index contributed by atoms with van der Waals surface area (Å²) >= 11 is 0. The van der Waals surface area contributed by atoms with Gasteiger partial charge in [0.25, 0.3) is 5.91 Å². The van der Waals surface area contributed by atoms with Crippen molar-refractivity contribution in [3.05, 3.63) is 65.9 Å². The van der Waals surface area contributed by atoms with Crippen molar-refractivity contribution in [2.75, 3.05) is 11.4 Å². The maximum atomic E-state index is 12.9. The molecule has 1 aliphatic rings. The SMILES string of the molecule is CC(C)(CN1C(=O)/C(=C\c2ccccc2)Oc2ccccc21)C(=O)O. The van der Waals surface area contributed by atoms with Crippen molar-refractivity contribution in [2.24, 2.45) is 5.41 Å². The number of carbonyl (C=O) groups excluding carboxylic acids is 1. The average Bonchev–Trinajstić information content (AvgIpc) is 2.59. The Balaban J connectivity index is 2.03. The third-order valence-corrected chi connectivity index (χ3v) is 4.06. The van der Waals surface area contributed by atoms with Crippen molar-refractivity contribution in [3.8, 4) is 5.75 Å². The smallest absolute Gasteiger partial charge is 0.310 e. The highest BCUT2D eigenvalue weighted by Gasteiger charge is 2.37. The molecule has 0 spiro atoms. The van der Waals surface area contributed by atoms with Gasteiger partial charge in [-0.3, -0.25) is 9.59 Å². The number of carbonyl (C=O) groups is 2. The Bertz CT molecular complexity index is 840. The number of nitrogens with zero attached hydrogens (tertiary/aromatic N) is 1. The number of amides is 1. The molecule has 0 aromatic heterocycles. The van der Waals surface area contributed by atoms with Crippen LogP contribution in [0.1, 0.15) is 19.4 Å². The van der Waals surface area contributed by atoms with Gasteiger partial charge in [0.15, 0.2) is 11.5 Å². The number of carboxylic acid groups (broad SMARTS) is 1. The fraction of sp³-hybridized carbons (Fsp3) is 0.200. The molecule has 1 aliphatic heterocycles. The van der Waals surface area contributed by atoms with Crippen molar-refractivity contribution < 1.29 is 19.4 Å². The van der Waals surface area contributed by atoms with Gasteiger partial charge in [-0.15, -0.1) is 0 Å². The Labute approximate surface area is 146 Å². The zero-order chi connectivity index (χ0) is 18.0. The lowest BCUT2D eigenvalue weighted by Gasteiger charge is -2.34. The number of anilines is 1. The molecule has 0 bridgehead atoms. The van der Waals surface area contributed by atoms with Gasteiger partial charge in [0.2, 0.25) is 0 Å². The zero-order valence-electron chi connectivity index (χ0n) is 14.1. The second kappa shape index (κ2) is 6.43. The molecule has 2 aromatic carbocycles. The van der Waals surface area contributed by atoms with E-state index in [1.807, 2.05) is 36.4 Å². The van der Waals surface area contributed by atoms with E-state index in [4.69, 9.17) is 4.74 Å². The zero-order valence-corrected chi connectivity index (χ0v) is 14.1. The molecular weight excluding hydrogens is 318 g/mol. The van der Waals surface area contributed by atoms with E-state index in [1.165, 1.54) is 4.90 Å². The van der Waals surface area contributed by atoms with Crippen LogP contribution in [-0.4, -0.2) is 23.5 Å². The van der Waals surface area contributed by atoms with Crippen LogP contribution in [0.25, 0.3) is 6.08 Å². The Morgan fingerprint density at radius 3 is 2.44 bits per heavy atom. The Kier molecular flexibility index (Phi) is 4.31. The van der Waals surface area contributed by atoms with Gasteiger partial charge >= 0.3 is 5.97 Å². The first-order chi connectivity index (χ1) is 11.9. The van der Waals surface area contributed by atoms with Crippen LogP contribution in [0.3, 0.4) is 0 Å². The van der Waals surface area contributed by atoms with Crippen LogP contribution in [0.5, 0.6) is 5.75 Å². The normalized spacial score (nSPS) is 15.7. The third kappa shape index (κ3) is 3.40. The molecule has 1 amide bonds. The summed E-state index contributed by atoms with van der Waals surface area (Å²) in [7, 11) is 0. The van der Waals surface area contributed by atoms with Crippen LogP contribution in [0.4, 0.5) is 5.69 Å². The van der Waals surface area contributed by atoms with E-state index >= 15 is 0 Å². The predicted molar refractivity (Wildman–Crippen MR) is 95.3 cm³/mol. The summed E-state index contributed by atoms with van der Waals surface area (Å²) in [6.45, 7) is 3.25. The minimum atomic E-state index is -1.09. The number of benzene rings is 2. The summed E-state index contributed by atoms with van der Waals surface area (Å²) in [6.07, 6.45) is 1.67. The molecule has 0 atom stereocenters. The number of aliphatic carboxylic acids is 1. The maximum Gasteiger partial charge on any atom is 0.310 e. The lowest BCUT2D eigenvalue weighted by atomic mass is 9.92. The van der Waals surface area contributed by atoms with E-state index in [0.717, 1.165) is 5.56 Å². The molecule has 1 heterocycles. The summed E-state index contributed by atoms with van der Waals surface area (Å²) in [5.74, 6) is -0.605. The number of carboxylic acids is 1. The number of para-hydroxylation sites is 2. The van der Waals surface area contributed by atoms with Crippen LogP contribution in [-0.2, 0) is 9.59 Å². The molecular formula is C20H19NO4. The molecule has 25 heavy (non-hydrogen) atoms. The Morgan fingerprint density at radius 1 is 1.12 bits per heavy atom. The van der Waals surface area contributed by atoms with E-state index in [2.05, 4.69) is 0 Å². The average molecular weight is 337 g/mol. The lowest BCUT2D eigenvalue weighted by molar-refractivity contribution is -0.146. The molecule has 0 radical (unpaired) electrons. The van der Waals surface area contributed by atoms with E-state index < -0.39 is 11.4 Å². The van der Waals surface area contributed by atoms with Gasteiger partial charge < -0.3 is 14.7 Å². The van der Waals surface area contributed by atoms with Gasteiger partial charge in [0.1, 0.15) is 0 Å². The molecule has 2 aromatic rings.